The zero-order valence-electron chi connectivity index (χ0n) is 16.1. The molecule has 10 heteroatoms. The molecule has 0 unspecified atom stereocenters. The van der Waals surface area contributed by atoms with E-state index < -0.39 is 22.1 Å². The molecule has 29 heavy (non-hydrogen) atoms. The first-order chi connectivity index (χ1) is 13.8. The number of nitrogens with one attached hydrogen (secondary N) is 1. The van der Waals surface area contributed by atoms with Crippen molar-refractivity contribution in [3.63, 3.8) is 0 Å². The molecule has 0 atom stereocenters. The van der Waals surface area contributed by atoms with Gasteiger partial charge in [0.15, 0.2) is 5.65 Å². The first kappa shape index (κ1) is 19.9. The van der Waals surface area contributed by atoms with Crippen LogP contribution in [0.25, 0.3) is 11.0 Å². The number of hydrogen-bond acceptors (Lipinski definition) is 6. The number of hydrogen-bond donors (Lipinski definition) is 1. The number of amides is 1. The summed E-state index contributed by atoms with van der Waals surface area (Å²) in [7, 11) is 2.81. The monoisotopic (exact) mass is 397 g/mol. The zero-order chi connectivity index (χ0) is 21.3. The number of nitro groups is 1. The van der Waals surface area contributed by atoms with Crippen LogP contribution < -0.4 is 16.6 Å². The van der Waals surface area contributed by atoms with Gasteiger partial charge in [-0.25, -0.2) is 9.78 Å². The third-order valence-electron chi connectivity index (χ3n) is 4.65. The number of pyridine rings is 1. The number of nitro benzene ring substituents is 1. The fraction of sp³-hybridized carbons (Fsp3) is 0.263. The standard InChI is InChI=1S/C19H19N5O5/c1-4-7-11-10-20-16-14(18(26)23(3)19(27)22(16)2)15(11)21-17(25)12-8-5-6-9-13(12)24(28)29/h5-6,8-10H,4,7H2,1-3H3,(H,20,21,25). The number of para-hydroxylation sites is 1. The molecule has 2 heterocycles. The minimum atomic E-state index is -0.724. The molecule has 0 bridgehead atoms. The van der Waals surface area contributed by atoms with Crippen molar-refractivity contribution in [1.82, 2.24) is 14.1 Å². The van der Waals surface area contributed by atoms with Crippen molar-refractivity contribution in [1.29, 1.82) is 0 Å². The van der Waals surface area contributed by atoms with Crippen molar-refractivity contribution in [2.75, 3.05) is 5.32 Å². The molecule has 1 amide bonds. The van der Waals surface area contributed by atoms with E-state index in [0.29, 0.717) is 18.4 Å². The van der Waals surface area contributed by atoms with Gasteiger partial charge >= 0.3 is 5.69 Å². The van der Waals surface area contributed by atoms with Gasteiger partial charge in [-0.2, -0.15) is 0 Å². The summed E-state index contributed by atoms with van der Waals surface area (Å²) in [5, 5.41) is 14.0. The minimum Gasteiger partial charge on any atom is -0.321 e. The van der Waals surface area contributed by atoms with Crippen molar-refractivity contribution in [2.45, 2.75) is 19.8 Å². The first-order valence-electron chi connectivity index (χ1n) is 8.90. The van der Waals surface area contributed by atoms with E-state index in [1.54, 1.807) is 0 Å². The Hall–Kier alpha value is -3.82. The largest absolute Gasteiger partial charge is 0.332 e. The highest BCUT2D eigenvalue weighted by atomic mass is 16.6. The predicted octanol–water partition coefficient (Wildman–Crippen LogP) is 1.75. The summed E-state index contributed by atoms with van der Waals surface area (Å²) in [6, 6.07) is 5.55. The average molecular weight is 397 g/mol. The minimum absolute atomic E-state index is 0.0764. The molecule has 0 fully saturated rings. The maximum Gasteiger partial charge on any atom is 0.332 e. The van der Waals surface area contributed by atoms with Gasteiger partial charge in [0.25, 0.3) is 17.2 Å². The van der Waals surface area contributed by atoms with E-state index in [0.717, 1.165) is 4.57 Å². The number of rotatable bonds is 5. The van der Waals surface area contributed by atoms with E-state index in [4.69, 9.17) is 0 Å². The fourth-order valence-corrected chi connectivity index (χ4v) is 3.17. The van der Waals surface area contributed by atoms with Crippen LogP contribution in [0.15, 0.2) is 40.1 Å². The highest BCUT2D eigenvalue weighted by Crippen LogP contribution is 2.26. The molecule has 0 aliphatic rings. The van der Waals surface area contributed by atoms with E-state index in [9.17, 15) is 24.5 Å². The van der Waals surface area contributed by atoms with Crippen LogP contribution in [-0.2, 0) is 20.5 Å². The van der Waals surface area contributed by atoms with E-state index in [-0.39, 0.29) is 28.0 Å². The van der Waals surface area contributed by atoms with E-state index in [1.807, 2.05) is 6.92 Å². The molecule has 1 aromatic carbocycles. The Morgan fingerprint density at radius 2 is 1.90 bits per heavy atom. The second-order valence-electron chi connectivity index (χ2n) is 6.54. The van der Waals surface area contributed by atoms with Gasteiger partial charge in [0.05, 0.1) is 10.6 Å². The maximum atomic E-state index is 12.9. The number of carbonyl (C=O) groups is 1. The summed E-state index contributed by atoms with van der Waals surface area (Å²) in [5.74, 6) is -0.724. The molecule has 1 N–H and O–H groups in total. The molecule has 2 aromatic heterocycles. The lowest BCUT2D eigenvalue weighted by Gasteiger charge is -2.15. The van der Waals surface area contributed by atoms with Gasteiger partial charge in [-0.1, -0.05) is 25.5 Å². The third-order valence-corrected chi connectivity index (χ3v) is 4.65. The average Bonchev–Trinajstić information content (AvgIpc) is 2.71. The number of anilines is 1. The molecule has 0 aliphatic carbocycles. The van der Waals surface area contributed by atoms with Crippen LogP contribution in [0, 0.1) is 10.1 Å². The summed E-state index contributed by atoms with van der Waals surface area (Å²) in [5.41, 5.74) is -0.706. The summed E-state index contributed by atoms with van der Waals surface area (Å²) in [4.78, 5) is 52.8. The number of nitrogens with zero attached hydrogens (tertiary/aromatic N) is 4. The topological polar surface area (TPSA) is 129 Å². The molecular weight excluding hydrogens is 378 g/mol. The summed E-state index contributed by atoms with van der Waals surface area (Å²) in [6.45, 7) is 1.93. The van der Waals surface area contributed by atoms with Crippen LogP contribution in [0.3, 0.4) is 0 Å². The van der Waals surface area contributed by atoms with Crippen LogP contribution in [0.4, 0.5) is 11.4 Å². The van der Waals surface area contributed by atoms with Gasteiger partial charge in [-0.3, -0.25) is 28.8 Å². The summed E-state index contributed by atoms with van der Waals surface area (Å²) in [6.07, 6.45) is 2.73. The number of aryl methyl sites for hydroxylation is 2. The molecule has 10 nitrogen and oxygen atoms in total. The maximum absolute atomic E-state index is 12.9. The van der Waals surface area contributed by atoms with Crippen molar-refractivity contribution < 1.29 is 9.72 Å². The van der Waals surface area contributed by atoms with Crippen LogP contribution in [0.2, 0.25) is 0 Å². The van der Waals surface area contributed by atoms with Gasteiger partial charge in [0, 0.05) is 26.4 Å². The first-order valence-corrected chi connectivity index (χ1v) is 8.90. The van der Waals surface area contributed by atoms with Gasteiger partial charge < -0.3 is 5.32 Å². The number of aromatic nitrogens is 3. The molecule has 0 spiro atoms. The second-order valence-corrected chi connectivity index (χ2v) is 6.54. The lowest BCUT2D eigenvalue weighted by molar-refractivity contribution is -0.385. The number of benzene rings is 1. The molecule has 0 aliphatic heterocycles. The van der Waals surface area contributed by atoms with Crippen LogP contribution >= 0.6 is 0 Å². The Morgan fingerprint density at radius 3 is 2.55 bits per heavy atom. The molecule has 3 rings (SSSR count). The molecule has 0 saturated heterocycles. The molecule has 0 saturated carbocycles. The Kier molecular flexibility index (Phi) is 5.26. The summed E-state index contributed by atoms with van der Waals surface area (Å²) < 4.78 is 2.15. The van der Waals surface area contributed by atoms with E-state index in [2.05, 4.69) is 10.3 Å². The van der Waals surface area contributed by atoms with Gasteiger partial charge in [-0.15, -0.1) is 0 Å². The Labute approximate surface area is 164 Å². The van der Waals surface area contributed by atoms with Gasteiger partial charge in [0.2, 0.25) is 0 Å². The third kappa shape index (κ3) is 3.40. The smallest absolute Gasteiger partial charge is 0.321 e. The Balaban J connectivity index is 2.27. The lowest BCUT2D eigenvalue weighted by Crippen LogP contribution is -2.38. The lowest BCUT2D eigenvalue weighted by atomic mass is 10.1. The fourth-order valence-electron chi connectivity index (χ4n) is 3.17. The van der Waals surface area contributed by atoms with Crippen LogP contribution in [-0.4, -0.2) is 24.9 Å². The Bertz CT molecular complexity index is 1260. The number of carbonyl (C=O) groups excluding carboxylic acids is 1. The van der Waals surface area contributed by atoms with Gasteiger partial charge in [0.1, 0.15) is 10.9 Å². The normalized spacial score (nSPS) is 10.9. The van der Waals surface area contributed by atoms with Crippen molar-refractivity contribution >= 4 is 28.3 Å². The van der Waals surface area contributed by atoms with Crippen molar-refractivity contribution in [2.24, 2.45) is 14.1 Å². The van der Waals surface area contributed by atoms with Gasteiger partial charge in [-0.05, 0) is 18.1 Å². The highest BCUT2D eigenvalue weighted by Gasteiger charge is 2.23. The van der Waals surface area contributed by atoms with Crippen LogP contribution in [0.5, 0.6) is 0 Å². The summed E-state index contributed by atoms with van der Waals surface area (Å²) >= 11 is 0. The molecular formula is C19H19N5O5. The molecule has 150 valence electrons. The number of fused-ring (bicyclic) bond motifs is 1. The van der Waals surface area contributed by atoms with Crippen molar-refractivity contribution in [3.8, 4) is 0 Å². The molecule has 3 aromatic rings. The van der Waals surface area contributed by atoms with E-state index in [1.165, 1.54) is 49.1 Å². The van der Waals surface area contributed by atoms with Crippen molar-refractivity contribution in [3.05, 3.63) is 72.5 Å². The predicted molar refractivity (Wildman–Crippen MR) is 107 cm³/mol. The van der Waals surface area contributed by atoms with Crippen LogP contribution in [0.1, 0.15) is 29.3 Å². The highest BCUT2D eigenvalue weighted by molar-refractivity contribution is 6.10. The second kappa shape index (κ2) is 7.66. The van der Waals surface area contributed by atoms with E-state index >= 15 is 0 Å². The zero-order valence-corrected chi connectivity index (χ0v) is 16.1. The Morgan fingerprint density at radius 1 is 1.21 bits per heavy atom. The quantitative estimate of drug-likeness (QED) is 0.516. The SMILES string of the molecule is CCCc1cnc2c(c1NC(=O)c1ccccc1[N+](=O)[O-])c(=O)n(C)c(=O)n2C. The molecule has 0 radical (unpaired) electrons.